The average molecular weight is 393 g/mol. The molecule has 1 aliphatic rings. The second-order valence-corrected chi connectivity index (χ2v) is 4.91. The minimum absolute atomic E-state index is 0. The highest BCUT2D eigenvalue weighted by atomic mass is 127. The van der Waals surface area contributed by atoms with Crippen LogP contribution in [0.1, 0.15) is 23.6 Å². The number of aliphatic imine (C=N–C) groups is 1. The average Bonchev–Trinajstić information content (AvgIpc) is 2.55. The first-order valence-electron chi connectivity index (χ1n) is 7.08. The summed E-state index contributed by atoms with van der Waals surface area (Å²) < 4.78 is 0. The number of hydrogen-bond acceptors (Lipinski definition) is 3. The fraction of sp³-hybridized carbons (Fsp3) is 0.235. The number of halogens is 1. The molecule has 4 heteroatoms. The second kappa shape index (κ2) is 8.02. The lowest BCUT2D eigenvalue weighted by atomic mass is 9.99. The summed E-state index contributed by atoms with van der Waals surface area (Å²) in [4.78, 5) is 4.51. The van der Waals surface area contributed by atoms with Crippen molar-refractivity contribution in [2.24, 2.45) is 4.99 Å². The highest BCUT2D eigenvalue weighted by Gasteiger charge is 2.16. The van der Waals surface area contributed by atoms with E-state index in [2.05, 4.69) is 64.2 Å². The summed E-state index contributed by atoms with van der Waals surface area (Å²) >= 11 is 0. The van der Waals surface area contributed by atoms with E-state index < -0.39 is 0 Å². The van der Waals surface area contributed by atoms with E-state index in [1.165, 1.54) is 11.1 Å². The summed E-state index contributed by atoms with van der Waals surface area (Å²) in [5, 5.41) is 6.86. The second-order valence-electron chi connectivity index (χ2n) is 4.91. The topological polar surface area (TPSA) is 36.4 Å². The fourth-order valence-corrected chi connectivity index (χ4v) is 2.42. The molecule has 2 aromatic rings. The Bertz CT molecular complexity index is 530. The van der Waals surface area contributed by atoms with Crippen LogP contribution in [0.5, 0.6) is 0 Å². The number of benzene rings is 2. The first-order chi connectivity index (χ1) is 9.93. The summed E-state index contributed by atoms with van der Waals surface area (Å²) in [5.41, 5.74) is 2.49. The molecule has 0 fully saturated rings. The molecule has 0 saturated carbocycles. The SMILES string of the molecule is I.c1ccc(C(NC2=NCCCN2)c2ccccc2)cc1. The van der Waals surface area contributed by atoms with Crippen molar-refractivity contribution in [1.82, 2.24) is 10.6 Å². The van der Waals surface area contributed by atoms with Gasteiger partial charge < -0.3 is 10.6 Å². The van der Waals surface area contributed by atoms with Crippen LogP contribution in [-0.2, 0) is 0 Å². The molecule has 3 rings (SSSR count). The molecule has 0 unspecified atom stereocenters. The van der Waals surface area contributed by atoms with Crippen molar-refractivity contribution < 1.29 is 0 Å². The Morgan fingerprint density at radius 2 is 1.48 bits per heavy atom. The van der Waals surface area contributed by atoms with E-state index in [9.17, 15) is 0 Å². The van der Waals surface area contributed by atoms with Gasteiger partial charge >= 0.3 is 0 Å². The van der Waals surface area contributed by atoms with E-state index >= 15 is 0 Å². The maximum atomic E-state index is 4.51. The predicted octanol–water partition coefficient (Wildman–Crippen LogP) is 3.33. The molecule has 0 spiro atoms. The van der Waals surface area contributed by atoms with Crippen LogP contribution in [0.3, 0.4) is 0 Å². The van der Waals surface area contributed by atoms with E-state index in [0.29, 0.717) is 0 Å². The van der Waals surface area contributed by atoms with E-state index in [4.69, 9.17) is 0 Å². The first kappa shape index (κ1) is 15.8. The van der Waals surface area contributed by atoms with Crippen LogP contribution < -0.4 is 10.6 Å². The lowest BCUT2D eigenvalue weighted by Crippen LogP contribution is -2.42. The van der Waals surface area contributed by atoms with Gasteiger partial charge in [0, 0.05) is 13.1 Å². The smallest absolute Gasteiger partial charge is 0.192 e. The van der Waals surface area contributed by atoms with Gasteiger partial charge in [0.2, 0.25) is 0 Å². The maximum absolute atomic E-state index is 4.51. The molecule has 0 atom stereocenters. The minimum Gasteiger partial charge on any atom is -0.356 e. The van der Waals surface area contributed by atoms with Crippen LogP contribution >= 0.6 is 24.0 Å². The molecule has 2 N–H and O–H groups in total. The van der Waals surface area contributed by atoms with Crippen LogP contribution in [0.25, 0.3) is 0 Å². The van der Waals surface area contributed by atoms with Gasteiger partial charge in [0.25, 0.3) is 0 Å². The highest BCUT2D eigenvalue weighted by molar-refractivity contribution is 14.0. The van der Waals surface area contributed by atoms with E-state index in [1.54, 1.807) is 0 Å². The Morgan fingerprint density at radius 1 is 0.905 bits per heavy atom. The molecular weight excluding hydrogens is 373 g/mol. The molecule has 110 valence electrons. The van der Waals surface area contributed by atoms with Gasteiger partial charge in [-0.1, -0.05) is 60.7 Å². The molecule has 0 radical (unpaired) electrons. The molecule has 0 amide bonds. The zero-order valence-corrected chi connectivity index (χ0v) is 14.2. The van der Waals surface area contributed by atoms with Crippen LogP contribution in [0.4, 0.5) is 0 Å². The molecular formula is C17H20IN3. The van der Waals surface area contributed by atoms with E-state index in [0.717, 1.165) is 25.5 Å². The van der Waals surface area contributed by atoms with Crippen molar-refractivity contribution >= 4 is 29.9 Å². The summed E-state index contributed by atoms with van der Waals surface area (Å²) in [7, 11) is 0. The third-order valence-electron chi connectivity index (χ3n) is 3.44. The minimum atomic E-state index is 0. The fourth-order valence-electron chi connectivity index (χ4n) is 2.42. The number of nitrogens with zero attached hydrogens (tertiary/aromatic N) is 1. The molecule has 3 nitrogen and oxygen atoms in total. The van der Waals surface area contributed by atoms with Gasteiger partial charge in [-0.15, -0.1) is 24.0 Å². The molecule has 21 heavy (non-hydrogen) atoms. The van der Waals surface area contributed by atoms with E-state index in [-0.39, 0.29) is 30.0 Å². The van der Waals surface area contributed by atoms with Gasteiger partial charge in [0.1, 0.15) is 0 Å². The van der Waals surface area contributed by atoms with Gasteiger partial charge in [-0.05, 0) is 17.5 Å². The van der Waals surface area contributed by atoms with Crippen molar-refractivity contribution in [1.29, 1.82) is 0 Å². The highest BCUT2D eigenvalue weighted by Crippen LogP contribution is 2.21. The molecule has 0 aromatic heterocycles. The van der Waals surface area contributed by atoms with Crippen molar-refractivity contribution in [2.75, 3.05) is 13.1 Å². The van der Waals surface area contributed by atoms with Gasteiger partial charge in [0.15, 0.2) is 5.96 Å². The number of rotatable bonds is 3. The standard InChI is InChI=1S/C17H19N3.HI/c1-3-8-14(9-4-1)16(15-10-5-2-6-11-15)20-17-18-12-7-13-19-17;/h1-6,8-11,16H,7,12-13H2,(H2,18,19,20);1H. The largest absolute Gasteiger partial charge is 0.356 e. The van der Waals surface area contributed by atoms with E-state index in [1.807, 2.05) is 12.1 Å². The van der Waals surface area contributed by atoms with Crippen molar-refractivity contribution in [3.63, 3.8) is 0 Å². The Labute approximate surface area is 142 Å². The lowest BCUT2D eigenvalue weighted by molar-refractivity contribution is 0.668. The molecule has 1 aliphatic heterocycles. The maximum Gasteiger partial charge on any atom is 0.192 e. The van der Waals surface area contributed by atoms with Gasteiger partial charge in [0.05, 0.1) is 6.04 Å². The third-order valence-corrected chi connectivity index (χ3v) is 3.44. The van der Waals surface area contributed by atoms with Crippen LogP contribution in [-0.4, -0.2) is 19.0 Å². The number of hydrogen-bond donors (Lipinski definition) is 2. The molecule has 0 aliphatic carbocycles. The van der Waals surface area contributed by atoms with Gasteiger partial charge in [-0.25, -0.2) is 0 Å². The Morgan fingerprint density at radius 3 is 1.95 bits per heavy atom. The van der Waals surface area contributed by atoms with Crippen LogP contribution in [0, 0.1) is 0 Å². The zero-order valence-electron chi connectivity index (χ0n) is 11.8. The zero-order chi connectivity index (χ0) is 13.6. The molecule has 0 saturated heterocycles. The lowest BCUT2D eigenvalue weighted by Gasteiger charge is -2.24. The van der Waals surface area contributed by atoms with Crippen molar-refractivity contribution in [3.8, 4) is 0 Å². The normalized spacial score (nSPS) is 13.9. The van der Waals surface area contributed by atoms with Crippen LogP contribution in [0.15, 0.2) is 65.7 Å². The van der Waals surface area contributed by atoms with Gasteiger partial charge in [-0.2, -0.15) is 0 Å². The molecule has 1 heterocycles. The third kappa shape index (κ3) is 4.20. The Hall–Kier alpha value is -1.56. The quantitative estimate of drug-likeness (QED) is 0.785. The number of nitrogens with one attached hydrogen (secondary N) is 2. The first-order valence-corrected chi connectivity index (χ1v) is 7.08. The van der Waals surface area contributed by atoms with Crippen molar-refractivity contribution in [2.45, 2.75) is 12.5 Å². The molecule has 2 aromatic carbocycles. The monoisotopic (exact) mass is 393 g/mol. The van der Waals surface area contributed by atoms with Crippen molar-refractivity contribution in [3.05, 3.63) is 71.8 Å². The van der Waals surface area contributed by atoms with Gasteiger partial charge in [-0.3, -0.25) is 4.99 Å². The predicted molar refractivity (Wildman–Crippen MR) is 98.2 cm³/mol. The Balaban J connectivity index is 0.00000161. The summed E-state index contributed by atoms with van der Waals surface area (Å²) in [5.74, 6) is 0.897. The summed E-state index contributed by atoms with van der Waals surface area (Å²) in [6, 6.07) is 21.1. The summed E-state index contributed by atoms with van der Waals surface area (Å²) in [6.07, 6.45) is 1.10. The van der Waals surface area contributed by atoms with Crippen LogP contribution in [0.2, 0.25) is 0 Å². The Kier molecular flexibility index (Phi) is 6.04. The number of guanidine groups is 1. The molecule has 0 bridgehead atoms. The summed E-state index contributed by atoms with van der Waals surface area (Å²) in [6.45, 7) is 1.88.